The van der Waals surface area contributed by atoms with Crippen molar-refractivity contribution in [3.8, 4) is 12.3 Å². The molecular weight excluding hydrogens is 154 g/mol. The summed E-state index contributed by atoms with van der Waals surface area (Å²) >= 11 is 0. The first-order chi connectivity index (χ1) is 5.64. The molecule has 12 heavy (non-hydrogen) atoms. The molecule has 2 atom stereocenters. The van der Waals surface area contributed by atoms with Crippen LogP contribution in [0.1, 0.15) is 13.3 Å². The van der Waals surface area contributed by atoms with Crippen LogP contribution in [0.5, 0.6) is 0 Å². The molecule has 0 spiro atoms. The molecule has 2 unspecified atom stereocenters. The molecule has 0 aliphatic carbocycles. The Morgan fingerprint density at radius 3 is 3.08 bits per heavy atom. The molecule has 1 fully saturated rings. The van der Waals surface area contributed by atoms with Gasteiger partial charge in [-0.3, -0.25) is 0 Å². The monoisotopic (exact) mass is 169 g/mol. The van der Waals surface area contributed by atoms with Gasteiger partial charge in [0.1, 0.15) is 5.60 Å². The number of hydrogen-bond donors (Lipinski definition) is 2. The number of morpholine rings is 1. The quantitative estimate of drug-likeness (QED) is 0.560. The minimum absolute atomic E-state index is 0.185. The number of terminal acetylenes is 1. The van der Waals surface area contributed by atoms with Gasteiger partial charge in [-0.25, -0.2) is 0 Å². The third-order valence-corrected chi connectivity index (χ3v) is 1.95. The highest BCUT2D eigenvalue weighted by atomic mass is 16.5. The minimum Gasteiger partial charge on any atom is -0.379 e. The Bertz CT molecular complexity index is 177. The lowest BCUT2D eigenvalue weighted by molar-refractivity contribution is 0.0361. The van der Waals surface area contributed by atoms with Gasteiger partial charge in [-0.1, -0.05) is 5.92 Å². The number of aliphatic hydroxyl groups is 1. The third kappa shape index (κ3) is 2.82. The van der Waals surface area contributed by atoms with Crippen LogP contribution in [0.25, 0.3) is 0 Å². The lowest BCUT2D eigenvalue weighted by Gasteiger charge is -2.28. The van der Waals surface area contributed by atoms with E-state index in [-0.39, 0.29) is 6.04 Å². The van der Waals surface area contributed by atoms with Gasteiger partial charge in [0.15, 0.2) is 0 Å². The van der Waals surface area contributed by atoms with Crippen molar-refractivity contribution in [1.82, 2.24) is 5.32 Å². The second-order valence-corrected chi connectivity index (χ2v) is 3.35. The predicted molar refractivity (Wildman–Crippen MR) is 46.7 cm³/mol. The first-order valence-corrected chi connectivity index (χ1v) is 4.15. The first kappa shape index (κ1) is 9.53. The van der Waals surface area contributed by atoms with Crippen molar-refractivity contribution in [2.75, 3.05) is 19.8 Å². The zero-order chi connectivity index (χ0) is 9.03. The molecule has 0 bridgehead atoms. The van der Waals surface area contributed by atoms with Crippen molar-refractivity contribution >= 4 is 0 Å². The van der Waals surface area contributed by atoms with Gasteiger partial charge >= 0.3 is 0 Å². The van der Waals surface area contributed by atoms with E-state index in [9.17, 15) is 5.11 Å². The van der Waals surface area contributed by atoms with E-state index in [0.717, 1.165) is 13.2 Å². The molecule has 0 aromatic rings. The van der Waals surface area contributed by atoms with Crippen molar-refractivity contribution in [1.29, 1.82) is 0 Å². The predicted octanol–water partition coefficient (Wildman–Crippen LogP) is -0.251. The SMILES string of the molecule is C#CC(C)(O)CC1COCCN1. The van der Waals surface area contributed by atoms with Crippen LogP contribution in [0, 0.1) is 12.3 Å². The fourth-order valence-electron chi connectivity index (χ4n) is 1.29. The highest BCUT2D eigenvalue weighted by Crippen LogP contribution is 2.12. The van der Waals surface area contributed by atoms with Crippen molar-refractivity contribution in [2.45, 2.75) is 25.0 Å². The highest BCUT2D eigenvalue weighted by molar-refractivity contribution is 5.06. The second kappa shape index (κ2) is 3.90. The Kier molecular flexibility index (Phi) is 3.10. The van der Waals surface area contributed by atoms with E-state index in [1.165, 1.54) is 0 Å². The molecular formula is C9H15NO2. The Morgan fingerprint density at radius 1 is 1.83 bits per heavy atom. The lowest BCUT2D eigenvalue weighted by atomic mass is 9.98. The zero-order valence-corrected chi connectivity index (χ0v) is 7.34. The van der Waals surface area contributed by atoms with E-state index >= 15 is 0 Å². The van der Waals surface area contributed by atoms with Crippen LogP contribution in [0.3, 0.4) is 0 Å². The van der Waals surface area contributed by atoms with Crippen molar-refractivity contribution in [3.05, 3.63) is 0 Å². The molecule has 1 heterocycles. The van der Waals surface area contributed by atoms with Gasteiger partial charge in [-0.15, -0.1) is 6.42 Å². The molecule has 3 heteroatoms. The van der Waals surface area contributed by atoms with Crippen molar-refractivity contribution < 1.29 is 9.84 Å². The topological polar surface area (TPSA) is 41.5 Å². The number of ether oxygens (including phenoxy) is 1. The standard InChI is InChI=1S/C9H15NO2/c1-3-9(2,11)6-8-7-12-5-4-10-8/h1,8,10-11H,4-7H2,2H3. The third-order valence-electron chi connectivity index (χ3n) is 1.95. The Labute approximate surface area is 73.1 Å². The van der Waals surface area contributed by atoms with Crippen LogP contribution in [-0.2, 0) is 4.74 Å². The average Bonchev–Trinajstić information content (AvgIpc) is 2.06. The van der Waals surface area contributed by atoms with Gasteiger partial charge in [0, 0.05) is 19.0 Å². The van der Waals surface area contributed by atoms with E-state index < -0.39 is 5.60 Å². The maximum absolute atomic E-state index is 9.54. The minimum atomic E-state index is -1.02. The van der Waals surface area contributed by atoms with Crippen LogP contribution in [-0.4, -0.2) is 36.5 Å². The maximum atomic E-state index is 9.54. The highest BCUT2D eigenvalue weighted by Gasteiger charge is 2.24. The van der Waals surface area contributed by atoms with Crippen LogP contribution < -0.4 is 5.32 Å². The lowest BCUT2D eigenvalue weighted by Crippen LogP contribution is -2.45. The van der Waals surface area contributed by atoms with E-state index in [2.05, 4.69) is 11.2 Å². The molecule has 1 rings (SSSR count). The summed E-state index contributed by atoms with van der Waals surface area (Å²) < 4.78 is 5.23. The number of hydrogen-bond acceptors (Lipinski definition) is 3. The fraction of sp³-hybridized carbons (Fsp3) is 0.778. The van der Waals surface area contributed by atoms with Gasteiger partial charge in [-0.2, -0.15) is 0 Å². The van der Waals surface area contributed by atoms with E-state index in [4.69, 9.17) is 11.2 Å². The summed E-state index contributed by atoms with van der Waals surface area (Å²) in [6, 6.07) is 0.185. The molecule has 68 valence electrons. The molecule has 1 aliphatic heterocycles. The van der Waals surface area contributed by atoms with E-state index in [1.807, 2.05) is 0 Å². The average molecular weight is 169 g/mol. The molecule has 0 saturated carbocycles. The van der Waals surface area contributed by atoms with Gasteiger partial charge < -0.3 is 15.2 Å². The van der Waals surface area contributed by atoms with E-state index in [1.54, 1.807) is 6.92 Å². The Balaban J connectivity index is 2.35. The van der Waals surface area contributed by atoms with Crippen molar-refractivity contribution in [3.63, 3.8) is 0 Å². The van der Waals surface area contributed by atoms with Gasteiger partial charge in [0.2, 0.25) is 0 Å². The second-order valence-electron chi connectivity index (χ2n) is 3.35. The van der Waals surface area contributed by atoms with Crippen LogP contribution >= 0.6 is 0 Å². The van der Waals surface area contributed by atoms with Crippen LogP contribution in [0.4, 0.5) is 0 Å². The van der Waals surface area contributed by atoms with Gasteiger partial charge in [-0.05, 0) is 6.92 Å². The summed E-state index contributed by atoms with van der Waals surface area (Å²) in [4.78, 5) is 0. The van der Waals surface area contributed by atoms with Crippen molar-refractivity contribution in [2.24, 2.45) is 0 Å². The molecule has 1 saturated heterocycles. The molecule has 0 amide bonds. The number of nitrogens with one attached hydrogen (secondary N) is 1. The summed E-state index contributed by atoms with van der Waals surface area (Å²) in [5.41, 5.74) is -1.02. The summed E-state index contributed by atoms with van der Waals surface area (Å²) in [6.07, 6.45) is 5.70. The summed E-state index contributed by atoms with van der Waals surface area (Å²) in [6.45, 7) is 3.86. The molecule has 1 aliphatic rings. The van der Waals surface area contributed by atoms with Gasteiger partial charge in [0.05, 0.1) is 13.2 Å². The number of rotatable bonds is 2. The molecule has 2 N–H and O–H groups in total. The normalized spacial score (nSPS) is 28.9. The van der Waals surface area contributed by atoms with Crippen LogP contribution in [0.2, 0.25) is 0 Å². The largest absolute Gasteiger partial charge is 0.379 e. The molecule has 0 aromatic heterocycles. The first-order valence-electron chi connectivity index (χ1n) is 4.15. The molecule has 0 radical (unpaired) electrons. The summed E-state index contributed by atoms with van der Waals surface area (Å²) in [5, 5.41) is 12.8. The fourth-order valence-corrected chi connectivity index (χ4v) is 1.29. The summed E-state index contributed by atoms with van der Waals surface area (Å²) in [5.74, 6) is 2.35. The van der Waals surface area contributed by atoms with Crippen LogP contribution in [0.15, 0.2) is 0 Å². The smallest absolute Gasteiger partial charge is 0.124 e. The van der Waals surface area contributed by atoms with Gasteiger partial charge in [0.25, 0.3) is 0 Å². The zero-order valence-electron chi connectivity index (χ0n) is 7.34. The Morgan fingerprint density at radius 2 is 2.58 bits per heavy atom. The molecule has 3 nitrogen and oxygen atoms in total. The van der Waals surface area contributed by atoms with E-state index in [0.29, 0.717) is 13.0 Å². The summed E-state index contributed by atoms with van der Waals surface area (Å²) in [7, 11) is 0. The Hall–Kier alpha value is -0.560. The molecule has 0 aromatic carbocycles. The maximum Gasteiger partial charge on any atom is 0.124 e.